The Morgan fingerprint density at radius 1 is 1.06 bits per heavy atom. The highest BCUT2D eigenvalue weighted by Gasteiger charge is 2.12. The second-order valence-corrected chi connectivity index (χ2v) is 7.33. The van der Waals surface area contributed by atoms with E-state index in [0.717, 1.165) is 11.3 Å². The summed E-state index contributed by atoms with van der Waals surface area (Å²) in [7, 11) is 3.88. The van der Waals surface area contributed by atoms with Crippen molar-refractivity contribution in [3.05, 3.63) is 90.8 Å². The largest absolute Gasteiger partial charge is 0.478 e. The summed E-state index contributed by atoms with van der Waals surface area (Å²) in [6, 6.07) is 13.5. The number of aromatic carboxylic acids is 1. The van der Waals surface area contributed by atoms with Crippen LogP contribution in [-0.2, 0) is 0 Å². The third-order valence-electron chi connectivity index (χ3n) is 5.09. The van der Waals surface area contributed by atoms with Crippen LogP contribution >= 0.6 is 0 Å². The summed E-state index contributed by atoms with van der Waals surface area (Å²) >= 11 is 0. The van der Waals surface area contributed by atoms with Crippen LogP contribution in [0.1, 0.15) is 15.9 Å². The van der Waals surface area contributed by atoms with E-state index in [-0.39, 0.29) is 22.2 Å². The van der Waals surface area contributed by atoms with Gasteiger partial charge >= 0.3 is 5.97 Å². The first-order chi connectivity index (χ1) is 14.8. The minimum Gasteiger partial charge on any atom is -0.478 e. The van der Waals surface area contributed by atoms with Crippen LogP contribution in [0.15, 0.2) is 58.1 Å². The third-order valence-corrected chi connectivity index (χ3v) is 5.09. The molecule has 0 aliphatic heterocycles. The van der Waals surface area contributed by atoms with Gasteiger partial charge in [-0.05, 0) is 53.3 Å². The number of aromatic nitrogens is 3. The number of carboxylic acid groups (broad SMARTS) is 1. The Morgan fingerprint density at radius 2 is 1.71 bits per heavy atom. The molecule has 0 atom stereocenters. The zero-order valence-electron chi connectivity index (χ0n) is 17.0. The molecule has 31 heavy (non-hydrogen) atoms. The smallest absolute Gasteiger partial charge is 0.335 e. The number of carboxylic acids is 1. The highest BCUT2D eigenvalue weighted by molar-refractivity contribution is 5.87. The van der Waals surface area contributed by atoms with Gasteiger partial charge in [0.2, 0.25) is 0 Å². The summed E-state index contributed by atoms with van der Waals surface area (Å²) in [6.45, 7) is 3.99. The van der Waals surface area contributed by atoms with Crippen molar-refractivity contribution >= 4 is 35.3 Å². The van der Waals surface area contributed by atoms with Crippen LogP contribution in [0.4, 0.5) is 5.69 Å². The molecule has 0 amide bonds. The summed E-state index contributed by atoms with van der Waals surface area (Å²) < 4.78 is 1.25. The molecule has 156 valence electrons. The number of hydrogen-bond acceptors (Lipinski definition) is 4. The van der Waals surface area contributed by atoms with Crippen LogP contribution in [0.25, 0.3) is 29.4 Å². The average Bonchev–Trinajstić information content (AvgIpc) is 3.07. The van der Waals surface area contributed by atoms with E-state index < -0.39 is 11.5 Å². The van der Waals surface area contributed by atoms with Gasteiger partial charge in [-0.3, -0.25) is 14.7 Å². The van der Waals surface area contributed by atoms with Gasteiger partial charge in [-0.25, -0.2) is 9.48 Å². The number of hydrogen-bond donors (Lipinski definition) is 3. The fourth-order valence-corrected chi connectivity index (χ4v) is 3.38. The number of H-pyrrole nitrogens is 2. The van der Waals surface area contributed by atoms with Gasteiger partial charge in [0.1, 0.15) is 5.65 Å². The Labute approximate surface area is 176 Å². The molecule has 0 fully saturated rings. The van der Waals surface area contributed by atoms with E-state index in [4.69, 9.17) is 5.11 Å². The van der Waals surface area contributed by atoms with Gasteiger partial charge in [0.25, 0.3) is 11.1 Å². The van der Waals surface area contributed by atoms with Crippen LogP contribution < -0.4 is 26.5 Å². The Morgan fingerprint density at radius 3 is 2.29 bits per heavy atom. The lowest BCUT2D eigenvalue weighted by Gasteiger charge is -2.11. The third kappa shape index (κ3) is 3.55. The highest BCUT2D eigenvalue weighted by atomic mass is 16.4. The van der Waals surface area contributed by atoms with E-state index in [0.29, 0.717) is 16.1 Å². The van der Waals surface area contributed by atoms with Gasteiger partial charge in [0.15, 0.2) is 0 Å². The molecule has 0 radical (unpaired) electrons. The zero-order chi connectivity index (χ0) is 22.3. The minimum atomic E-state index is -1.06. The molecule has 4 rings (SSSR count). The van der Waals surface area contributed by atoms with Gasteiger partial charge in [-0.2, -0.15) is 0 Å². The van der Waals surface area contributed by atoms with E-state index in [9.17, 15) is 14.4 Å². The number of benzene rings is 2. The van der Waals surface area contributed by atoms with Crippen molar-refractivity contribution in [1.29, 1.82) is 0 Å². The van der Waals surface area contributed by atoms with E-state index in [1.807, 2.05) is 43.3 Å². The molecular weight excluding hydrogens is 396 g/mol. The molecule has 0 saturated carbocycles. The van der Waals surface area contributed by atoms with Crippen LogP contribution in [0.2, 0.25) is 0 Å². The van der Waals surface area contributed by atoms with Crippen molar-refractivity contribution in [3.8, 4) is 5.69 Å². The van der Waals surface area contributed by atoms with Crippen molar-refractivity contribution in [1.82, 2.24) is 14.8 Å². The number of carbonyl (C=O) groups is 1. The first kappa shape index (κ1) is 20.0. The summed E-state index contributed by atoms with van der Waals surface area (Å²) in [4.78, 5) is 41.4. The summed E-state index contributed by atoms with van der Waals surface area (Å²) in [5.74, 6) is -1.06. The van der Waals surface area contributed by atoms with Gasteiger partial charge < -0.3 is 15.0 Å². The van der Waals surface area contributed by atoms with Crippen LogP contribution in [0, 0.1) is 0 Å². The number of rotatable bonds is 4. The van der Waals surface area contributed by atoms with Crippen molar-refractivity contribution in [2.45, 2.75) is 0 Å². The van der Waals surface area contributed by atoms with Gasteiger partial charge in [0.05, 0.1) is 16.6 Å². The Bertz CT molecular complexity index is 1520. The molecule has 0 aliphatic carbocycles. The molecule has 8 nitrogen and oxygen atoms in total. The van der Waals surface area contributed by atoms with Gasteiger partial charge in [-0.1, -0.05) is 18.7 Å². The summed E-state index contributed by atoms with van der Waals surface area (Å²) in [5.41, 5.74) is 1.87. The van der Waals surface area contributed by atoms with Crippen LogP contribution in [-0.4, -0.2) is 39.9 Å². The molecular formula is C23H20N4O4. The zero-order valence-corrected chi connectivity index (χ0v) is 17.0. The topological polar surface area (TPSA) is 111 Å². The molecule has 0 spiro atoms. The lowest BCUT2D eigenvalue weighted by atomic mass is 10.1. The summed E-state index contributed by atoms with van der Waals surface area (Å²) in [6.07, 6.45) is 1.69. The predicted molar refractivity (Wildman–Crippen MR) is 121 cm³/mol. The minimum absolute atomic E-state index is 0.108. The first-order valence-electron chi connectivity index (χ1n) is 9.45. The van der Waals surface area contributed by atoms with E-state index in [2.05, 4.69) is 16.7 Å². The second-order valence-electron chi connectivity index (χ2n) is 7.33. The molecule has 0 saturated heterocycles. The number of nitrogens with one attached hydrogen (secondary N) is 2. The van der Waals surface area contributed by atoms with Crippen LogP contribution in [0.5, 0.6) is 0 Å². The van der Waals surface area contributed by atoms with E-state index in [1.165, 1.54) is 28.9 Å². The maximum Gasteiger partial charge on any atom is 0.335 e. The fourth-order valence-electron chi connectivity index (χ4n) is 3.38. The number of pyridine rings is 1. The monoisotopic (exact) mass is 416 g/mol. The predicted octanol–water partition coefficient (Wildman–Crippen LogP) is 1.01. The van der Waals surface area contributed by atoms with Crippen molar-refractivity contribution in [3.63, 3.8) is 0 Å². The first-order valence-corrected chi connectivity index (χ1v) is 9.45. The lowest BCUT2D eigenvalue weighted by Crippen LogP contribution is -2.41. The molecule has 8 heteroatoms. The van der Waals surface area contributed by atoms with E-state index in [1.54, 1.807) is 6.08 Å². The second kappa shape index (κ2) is 7.49. The molecule has 4 aromatic rings. The molecule has 2 heterocycles. The lowest BCUT2D eigenvalue weighted by molar-refractivity contribution is 0.0697. The molecule has 0 bridgehead atoms. The Kier molecular flexibility index (Phi) is 4.82. The Balaban J connectivity index is 1.88. The SMILES string of the molecule is C=c1c(=Cc2ccc(N(C)C)cc2)c(=O)[nH]c2[nH]n(-c3ccc(C(=O)O)cc3)c(=O)c12. The summed E-state index contributed by atoms with van der Waals surface area (Å²) in [5, 5.41) is 12.8. The molecule has 2 aromatic carbocycles. The quantitative estimate of drug-likeness (QED) is 0.460. The fraction of sp³-hybridized carbons (Fsp3) is 0.0870. The maximum atomic E-state index is 13.0. The molecule has 0 unspecified atom stereocenters. The number of aromatic amines is 2. The number of fused-ring (bicyclic) bond motifs is 1. The van der Waals surface area contributed by atoms with Crippen molar-refractivity contribution in [2.75, 3.05) is 19.0 Å². The van der Waals surface area contributed by atoms with Gasteiger partial charge in [0, 0.05) is 25.0 Å². The van der Waals surface area contributed by atoms with Crippen LogP contribution in [0.3, 0.4) is 0 Å². The average molecular weight is 416 g/mol. The maximum absolute atomic E-state index is 13.0. The van der Waals surface area contributed by atoms with Crippen molar-refractivity contribution in [2.24, 2.45) is 0 Å². The highest BCUT2D eigenvalue weighted by Crippen LogP contribution is 2.12. The standard InChI is InChI=1S/C23H20N4O4/c1-13-18(12-14-4-8-16(9-5-14)26(2)3)21(28)24-20-19(13)22(29)27(25-20)17-10-6-15(7-11-17)23(30)31/h4-12,25H,1H2,2-3H3,(H,24,28)(H,30,31). The normalized spacial score (nSPS) is 11.7. The Hall–Kier alpha value is -4.33. The van der Waals surface area contributed by atoms with Gasteiger partial charge in [-0.15, -0.1) is 0 Å². The number of anilines is 1. The number of nitrogens with zero attached hydrogens (tertiary/aromatic N) is 2. The van der Waals surface area contributed by atoms with Crippen molar-refractivity contribution < 1.29 is 9.90 Å². The van der Waals surface area contributed by atoms with E-state index >= 15 is 0 Å². The molecule has 0 aliphatic rings. The molecule has 2 aromatic heterocycles. The molecule has 3 N–H and O–H groups in total.